The maximum atomic E-state index is 12.4. The van der Waals surface area contributed by atoms with Crippen molar-refractivity contribution in [3.63, 3.8) is 0 Å². The maximum absolute atomic E-state index is 12.4. The first-order valence-corrected chi connectivity index (χ1v) is 9.85. The van der Waals surface area contributed by atoms with Crippen LogP contribution in [0, 0.1) is 13.8 Å². The number of hydrogen-bond acceptors (Lipinski definition) is 6. The van der Waals surface area contributed by atoms with E-state index in [9.17, 15) is 9.59 Å². The van der Waals surface area contributed by atoms with E-state index in [4.69, 9.17) is 0 Å². The predicted octanol–water partition coefficient (Wildman–Crippen LogP) is 3.49. The molecule has 0 aromatic carbocycles. The van der Waals surface area contributed by atoms with Crippen molar-refractivity contribution in [3.05, 3.63) is 48.7 Å². The molecule has 3 rings (SSSR count). The summed E-state index contributed by atoms with van der Waals surface area (Å²) >= 11 is 2.91. The molecule has 3 heterocycles. The Hall–Kier alpha value is -1.93. The minimum Gasteiger partial charge on any atom is -0.309 e. The molecule has 0 spiro atoms. The first-order chi connectivity index (χ1) is 11.9. The number of nitrogens with one attached hydrogen (secondary N) is 2. The summed E-state index contributed by atoms with van der Waals surface area (Å²) in [5, 5.41) is 1.07. The van der Waals surface area contributed by atoms with E-state index in [0.717, 1.165) is 33.8 Å². The zero-order valence-corrected chi connectivity index (χ0v) is 16.2. The van der Waals surface area contributed by atoms with Crippen molar-refractivity contribution < 1.29 is 0 Å². The highest BCUT2D eigenvalue weighted by molar-refractivity contribution is 7.99. The molecular weight excluding hydrogens is 356 g/mol. The number of aromatic amines is 2. The van der Waals surface area contributed by atoms with Crippen molar-refractivity contribution in [1.29, 1.82) is 0 Å². The molecule has 6 nitrogen and oxygen atoms in total. The molecule has 0 fully saturated rings. The molecule has 1 atom stereocenters. The Morgan fingerprint density at radius 2 is 2.00 bits per heavy atom. The van der Waals surface area contributed by atoms with Gasteiger partial charge in [-0.1, -0.05) is 25.1 Å². The lowest BCUT2D eigenvalue weighted by atomic mass is 10.2. The second-order valence-electron chi connectivity index (χ2n) is 5.97. The minimum atomic E-state index is -0.158. The fourth-order valence-electron chi connectivity index (χ4n) is 2.61. The summed E-state index contributed by atoms with van der Waals surface area (Å²) in [4.78, 5) is 40.8. The summed E-state index contributed by atoms with van der Waals surface area (Å²) in [6.45, 7) is 7.92. The van der Waals surface area contributed by atoms with Crippen LogP contribution in [-0.4, -0.2) is 19.9 Å². The second kappa shape index (κ2) is 7.13. The molecule has 0 amide bonds. The third-order valence-electron chi connectivity index (χ3n) is 4.01. The summed E-state index contributed by atoms with van der Waals surface area (Å²) in [7, 11) is 0. The Balaban J connectivity index is 1.94. The molecule has 0 aliphatic carbocycles. The standard InChI is InChI=1S/C17H20N4O2S2/c1-5-6-11-7-12(22)19-17(18-11)25-10(4)14-20-15(23)13-8(2)9(3)24-16(13)21-14/h7,10H,5-6H2,1-4H3,(H,18,19,22)(H,20,21,23)/t10-/m1/s1. The molecule has 0 radical (unpaired) electrons. The molecule has 3 aromatic rings. The highest BCUT2D eigenvalue weighted by Gasteiger charge is 2.17. The van der Waals surface area contributed by atoms with E-state index < -0.39 is 0 Å². The molecule has 0 saturated carbocycles. The molecule has 132 valence electrons. The van der Waals surface area contributed by atoms with Gasteiger partial charge in [-0.2, -0.15) is 0 Å². The molecular formula is C17H20N4O2S2. The van der Waals surface area contributed by atoms with Gasteiger partial charge in [0.2, 0.25) is 0 Å². The molecule has 0 aliphatic rings. The fraction of sp³-hybridized carbons (Fsp3) is 0.412. The molecule has 3 aromatic heterocycles. The van der Waals surface area contributed by atoms with Crippen LogP contribution in [0.3, 0.4) is 0 Å². The van der Waals surface area contributed by atoms with Crippen LogP contribution in [0.2, 0.25) is 0 Å². The molecule has 0 saturated heterocycles. The smallest absolute Gasteiger partial charge is 0.259 e. The maximum Gasteiger partial charge on any atom is 0.259 e. The molecule has 0 bridgehead atoms. The van der Waals surface area contributed by atoms with Gasteiger partial charge in [-0.3, -0.25) is 9.59 Å². The average molecular weight is 377 g/mol. The minimum absolute atomic E-state index is 0.115. The highest BCUT2D eigenvalue weighted by Crippen LogP contribution is 2.32. The van der Waals surface area contributed by atoms with Gasteiger partial charge in [0.1, 0.15) is 10.7 Å². The van der Waals surface area contributed by atoms with Crippen molar-refractivity contribution in [1.82, 2.24) is 19.9 Å². The van der Waals surface area contributed by atoms with E-state index in [1.165, 1.54) is 29.2 Å². The van der Waals surface area contributed by atoms with Crippen LogP contribution in [0.15, 0.2) is 20.8 Å². The lowest BCUT2D eigenvalue weighted by Gasteiger charge is -2.10. The number of aryl methyl sites for hydroxylation is 3. The number of H-pyrrole nitrogens is 2. The molecule has 25 heavy (non-hydrogen) atoms. The van der Waals surface area contributed by atoms with E-state index in [2.05, 4.69) is 19.9 Å². The van der Waals surface area contributed by atoms with Crippen LogP contribution in [0.5, 0.6) is 0 Å². The van der Waals surface area contributed by atoms with Crippen LogP contribution < -0.4 is 11.1 Å². The fourth-order valence-corrected chi connectivity index (χ4v) is 4.54. The van der Waals surface area contributed by atoms with Gasteiger partial charge in [0.25, 0.3) is 11.1 Å². The van der Waals surface area contributed by atoms with Gasteiger partial charge in [-0.15, -0.1) is 11.3 Å². The topological polar surface area (TPSA) is 91.5 Å². The molecule has 8 heteroatoms. The van der Waals surface area contributed by atoms with Crippen molar-refractivity contribution in [3.8, 4) is 0 Å². The van der Waals surface area contributed by atoms with Crippen LogP contribution in [-0.2, 0) is 6.42 Å². The molecule has 0 unspecified atom stereocenters. The number of thioether (sulfide) groups is 1. The Labute approximate surface area is 153 Å². The third kappa shape index (κ3) is 3.69. The number of rotatable bonds is 5. The first kappa shape index (κ1) is 17.9. The summed E-state index contributed by atoms with van der Waals surface area (Å²) in [6, 6.07) is 1.53. The van der Waals surface area contributed by atoms with Crippen LogP contribution in [0.25, 0.3) is 10.2 Å². The Morgan fingerprint density at radius 1 is 1.24 bits per heavy atom. The summed E-state index contributed by atoms with van der Waals surface area (Å²) in [5.74, 6) is 0.590. The van der Waals surface area contributed by atoms with Crippen LogP contribution in [0.1, 0.15) is 47.5 Å². The number of aromatic nitrogens is 4. The van der Waals surface area contributed by atoms with E-state index in [1.54, 1.807) is 0 Å². The van der Waals surface area contributed by atoms with Crippen molar-refractivity contribution in [2.75, 3.05) is 0 Å². The third-order valence-corrected chi connectivity index (χ3v) is 6.10. The van der Waals surface area contributed by atoms with Gasteiger partial charge < -0.3 is 9.97 Å². The molecule has 0 aliphatic heterocycles. The van der Waals surface area contributed by atoms with E-state index in [1.807, 2.05) is 27.7 Å². The van der Waals surface area contributed by atoms with Gasteiger partial charge in [-0.25, -0.2) is 9.97 Å². The predicted molar refractivity (Wildman–Crippen MR) is 103 cm³/mol. The van der Waals surface area contributed by atoms with E-state index >= 15 is 0 Å². The number of fused-ring (bicyclic) bond motifs is 1. The van der Waals surface area contributed by atoms with Gasteiger partial charge in [0.05, 0.1) is 10.6 Å². The quantitative estimate of drug-likeness (QED) is 0.525. The highest BCUT2D eigenvalue weighted by atomic mass is 32.2. The summed E-state index contributed by atoms with van der Waals surface area (Å²) in [6.07, 6.45) is 1.69. The van der Waals surface area contributed by atoms with Crippen molar-refractivity contribution >= 4 is 33.3 Å². The number of hydrogen-bond donors (Lipinski definition) is 2. The van der Waals surface area contributed by atoms with Gasteiger partial charge in [-0.05, 0) is 32.8 Å². The van der Waals surface area contributed by atoms with Crippen LogP contribution >= 0.6 is 23.1 Å². The SMILES string of the molecule is CCCc1cc(=O)[nH]c(S[C@H](C)c2nc3sc(C)c(C)c3c(=O)[nH]2)n1. The monoisotopic (exact) mass is 376 g/mol. The van der Waals surface area contributed by atoms with Crippen LogP contribution in [0.4, 0.5) is 0 Å². The first-order valence-electron chi connectivity index (χ1n) is 8.15. The average Bonchev–Trinajstić information content (AvgIpc) is 2.82. The second-order valence-corrected chi connectivity index (χ2v) is 8.50. The number of nitrogens with zero attached hydrogens (tertiary/aromatic N) is 2. The summed E-state index contributed by atoms with van der Waals surface area (Å²) < 4.78 is 0. The Kier molecular flexibility index (Phi) is 5.10. The summed E-state index contributed by atoms with van der Waals surface area (Å²) in [5.41, 5.74) is 1.49. The van der Waals surface area contributed by atoms with Gasteiger partial charge in [0.15, 0.2) is 5.16 Å². The zero-order chi connectivity index (χ0) is 18.1. The Bertz CT molecular complexity index is 1040. The van der Waals surface area contributed by atoms with Crippen molar-refractivity contribution in [2.45, 2.75) is 50.9 Å². The largest absolute Gasteiger partial charge is 0.309 e. The normalized spacial score (nSPS) is 12.6. The molecule has 2 N–H and O–H groups in total. The van der Waals surface area contributed by atoms with E-state index in [-0.39, 0.29) is 16.4 Å². The van der Waals surface area contributed by atoms with E-state index in [0.29, 0.717) is 16.4 Å². The zero-order valence-electron chi connectivity index (χ0n) is 14.6. The van der Waals surface area contributed by atoms with Gasteiger partial charge >= 0.3 is 0 Å². The Morgan fingerprint density at radius 3 is 2.72 bits per heavy atom. The van der Waals surface area contributed by atoms with Gasteiger partial charge in [0, 0.05) is 16.6 Å². The van der Waals surface area contributed by atoms with Crippen molar-refractivity contribution in [2.24, 2.45) is 0 Å². The number of thiophene rings is 1. The lowest BCUT2D eigenvalue weighted by molar-refractivity contribution is 0.810. The lowest BCUT2D eigenvalue weighted by Crippen LogP contribution is -2.14.